The second-order valence-corrected chi connectivity index (χ2v) is 4.44. The van der Waals surface area contributed by atoms with E-state index in [1.165, 1.54) is 12.1 Å². The first-order valence-corrected chi connectivity index (χ1v) is 6.21. The highest BCUT2D eigenvalue weighted by molar-refractivity contribution is 6.31. The summed E-state index contributed by atoms with van der Waals surface area (Å²) in [5, 5.41) is 3.40. The zero-order valence-corrected chi connectivity index (χ0v) is 11.4. The van der Waals surface area contributed by atoms with Crippen molar-refractivity contribution in [2.45, 2.75) is 32.9 Å². The van der Waals surface area contributed by atoms with Crippen LogP contribution in [0.25, 0.3) is 0 Å². The van der Waals surface area contributed by atoms with Gasteiger partial charge in [0, 0.05) is 11.1 Å². The molecule has 0 aliphatic heterocycles. The van der Waals surface area contributed by atoms with E-state index >= 15 is 0 Å². The summed E-state index contributed by atoms with van der Waals surface area (Å²) in [5.41, 5.74) is 0.745. The molecule has 3 nitrogen and oxygen atoms in total. The summed E-state index contributed by atoms with van der Waals surface area (Å²) in [7, 11) is 0. The highest BCUT2D eigenvalue weighted by atomic mass is 35.5. The van der Waals surface area contributed by atoms with E-state index in [-0.39, 0.29) is 17.8 Å². The van der Waals surface area contributed by atoms with Crippen molar-refractivity contribution in [1.29, 1.82) is 0 Å². The molecule has 0 radical (unpaired) electrons. The number of hydrogen-bond donors (Lipinski definition) is 1. The van der Waals surface area contributed by atoms with Crippen molar-refractivity contribution in [3.8, 4) is 0 Å². The Kier molecular flexibility index (Phi) is 5.56. The molecule has 0 heterocycles. The monoisotopic (exact) mass is 273 g/mol. The van der Waals surface area contributed by atoms with Crippen LogP contribution in [-0.4, -0.2) is 18.6 Å². The third kappa shape index (κ3) is 3.96. The minimum atomic E-state index is -0.443. The third-order valence-electron chi connectivity index (χ3n) is 2.57. The Labute approximate surface area is 111 Å². The van der Waals surface area contributed by atoms with Crippen LogP contribution in [0.1, 0.15) is 32.4 Å². The van der Waals surface area contributed by atoms with E-state index in [0.717, 1.165) is 5.56 Å². The molecular formula is C13H17ClFNO2. The maximum atomic E-state index is 12.9. The molecule has 1 rings (SSSR count). The lowest BCUT2D eigenvalue weighted by atomic mass is 10.1. The van der Waals surface area contributed by atoms with Crippen LogP contribution in [0.3, 0.4) is 0 Å². The summed E-state index contributed by atoms with van der Waals surface area (Å²) < 4.78 is 17.8. The Morgan fingerprint density at radius 1 is 1.50 bits per heavy atom. The number of hydrogen-bond acceptors (Lipinski definition) is 3. The second-order valence-electron chi connectivity index (χ2n) is 4.03. The number of esters is 1. The van der Waals surface area contributed by atoms with Gasteiger partial charge >= 0.3 is 5.97 Å². The van der Waals surface area contributed by atoms with Crippen molar-refractivity contribution >= 4 is 17.6 Å². The highest BCUT2D eigenvalue weighted by Gasteiger charge is 2.18. The normalized spacial score (nSPS) is 14.1. The van der Waals surface area contributed by atoms with Crippen LogP contribution in [0.15, 0.2) is 18.2 Å². The molecule has 0 aliphatic carbocycles. The Morgan fingerprint density at radius 3 is 2.72 bits per heavy atom. The molecule has 0 aliphatic rings. The van der Waals surface area contributed by atoms with Gasteiger partial charge in [0.2, 0.25) is 0 Å². The van der Waals surface area contributed by atoms with Crippen LogP contribution in [-0.2, 0) is 9.53 Å². The van der Waals surface area contributed by atoms with Gasteiger partial charge in [-0.2, -0.15) is 0 Å². The lowest BCUT2D eigenvalue weighted by Crippen LogP contribution is -2.37. The molecule has 18 heavy (non-hydrogen) atoms. The molecule has 0 aromatic heterocycles. The lowest BCUT2D eigenvalue weighted by molar-refractivity contribution is -0.145. The fourth-order valence-electron chi connectivity index (χ4n) is 1.65. The van der Waals surface area contributed by atoms with Crippen molar-refractivity contribution in [3.05, 3.63) is 34.6 Å². The molecule has 0 amide bonds. The summed E-state index contributed by atoms with van der Waals surface area (Å²) in [4.78, 5) is 11.5. The molecular weight excluding hydrogens is 257 g/mol. The van der Waals surface area contributed by atoms with Gasteiger partial charge in [0.25, 0.3) is 0 Å². The smallest absolute Gasteiger partial charge is 0.322 e. The molecule has 0 spiro atoms. The first-order valence-electron chi connectivity index (χ1n) is 5.83. The quantitative estimate of drug-likeness (QED) is 0.838. The lowest BCUT2D eigenvalue weighted by Gasteiger charge is -2.20. The number of rotatable bonds is 5. The first-order chi connectivity index (χ1) is 8.45. The van der Waals surface area contributed by atoms with Crippen LogP contribution in [0.5, 0.6) is 0 Å². The zero-order valence-electron chi connectivity index (χ0n) is 10.7. The van der Waals surface area contributed by atoms with Gasteiger partial charge in [-0.05, 0) is 38.5 Å². The molecule has 1 N–H and O–H groups in total. The van der Waals surface area contributed by atoms with Gasteiger partial charge in [0.1, 0.15) is 11.9 Å². The maximum absolute atomic E-state index is 12.9. The summed E-state index contributed by atoms with van der Waals surface area (Å²) in [6.07, 6.45) is 0. The van der Waals surface area contributed by atoms with E-state index in [0.29, 0.717) is 11.6 Å². The number of halogens is 2. The van der Waals surface area contributed by atoms with Gasteiger partial charge in [0.05, 0.1) is 6.61 Å². The van der Waals surface area contributed by atoms with Gasteiger partial charge in [0.15, 0.2) is 0 Å². The fourth-order valence-corrected chi connectivity index (χ4v) is 1.98. The standard InChI is InChI=1S/C13H17ClFNO2/c1-4-18-13(17)9(3)16-8(2)11-6-5-10(15)7-12(11)14/h5-9,16H,4H2,1-3H3. The summed E-state index contributed by atoms with van der Waals surface area (Å²) in [5.74, 6) is -0.697. The van der Waals surface area contributed by atoms with Gasteiger partial charge in [-0.25, -0.2) is 4.39 Å². The SMILES string of the molecule is CCOC(=O)C(C)NC(C)c1ccc(F)cc1Cl. The van der Waals surface area contributed by atoms with Gasteiger partial charge in [-0.15, -0.1) is 0 Å². The number of nitrogens with one attached hydrogen (secondary N) is 1. The summed E-state index contributed by atoms with van der Waals surface area (Å²) >= 11 is 5.95. The Hall–Kier alpha value is -1.13. The van der Waals surface area contributed by atoms with Crippen molar-refractivity contribution in [1.82, 2.24) is 5.32 Å². The molecule has 100 valence electrons. The molecule has 2 unspecified atom stereocenters. The van der Waals surface area contributed by atoms with Crippen molar-refractivity contribution in [3.63, 3.8) is 0 Å². The predicted molar refractivity (Wildman–Crippen MR) is 69.1 cm³/mol. The van der Waals surface area contributed by atoms with E-state index in [9.17, 15) is 9.18 Å². The highest BCUT2D eigenvalue weighted by Crippen LogP contribution is 2.23. The zero-order chi connectivity index (χ0) is 13.7. The molecule has 0 fully saturated rings. The molecule has 1 aromatic carbocycles. The van der Waals surface area contributed by atoms with E-state index in [4.69, 9.17) is 16.3 Å². The number of carbonyl (C=O) groups is 1. The average molecular weight is 274 g/mol. The second kappa shape index (κ2) is 6.71. The average Bonchev–Trinajstić information content (AvgIpc) is 2.28. The van der Waals surface area contributed by atoms with Gasteiger partial charge < -0.3 is 4.74 Å². The molecule has 5 heteroatoms. The summed E-state index contributed by atoms with van der Waals surface area (Å²) in [6.45, 7) is 5.67. The number of ether oxygens (including phenoxy) is 1. The molecule has 0 bridgehead atoms. The van der Waals surface area contributed by atoms with Crippen LogP contribution in [0.4, 0.5) is 4.39 Å². The Morgan fingerprint density at radius 2 is 2.17 bits per heavy atom. The number of carbonyl (C=O) groups excluding carboxylic acids is 1. The van der Waals surface area contributed by atoms with Gasteiger partial charge in [-0.1, -0.05) is 17.7 Å². The molecule has 2 atom stereocenters. The van der Waals surface area contributed by atoms with Crippen LogP contribution >= 0.6 is 11.6 Å². The molecule has 0 saturated heterocycles. The van der Waals surface area contributed by atoms with E-state index in [2.05, 4.69) is 5.32 Å². The number of benzene rings is 1. The largest absolute Gasteiger partial charge is 0.465 e. The van der Waals surface area contributed by atoms with Crippen molar-refractivity contribution in [2.75, 3.05) is 6.61 Å². The molecule has 0 saturated carbocycles. The van der Waals surface area contributed by atoms with Crippen LogP contribution < -0.4 is 5.32 Å². The fraction of sp³-hybridized carbons (Fsp3) is 0.462. The summed E-state index contributed by atoms with van der Waals surface area (Å²) in [6, 6.07) is 3.59. The Bertz CT molecular complexity index is 425. The van der Waals surface area contributed by atoms with Crippen molar-refractivity contribution in [2.24, 2.45) is 0 Å². The van der Waals surface area contributed by atoms with Crippen molar-refractivity contribution < 1.29 is 13.9 Å². The minimum Gasteiger partial charge on any atom is -0.465 e. The predicted octanol–water partition coefficient (Wildman–Crippen LogP) is 3.08. The Balaban J connectivity index is 2.70. The van der Waals surface area contributed by atoms with Crippen LogP contribution in [0.2, 0.25) is 5.02 Å². The third-order valence-corrected chi connectivity index (χ3v) is 2.90. The maximum Gasteiger partial charge on any atom is 0.322 e. The van der Waals surface area contributed by atoms with Gasteiger partial charge in [-0.3, -0.25) is 10.1 Å². The van der Waals surface area contributed by atoms with Crippen LogP contribution in [0, 0.1) is 5.82 Å². The van der Waals surface area contributed by atoms with E-state index < -0.39 is 6.04 Å². The molecule has 1 aromatic rings. The van der Waals surface area contributed by atoms with E-state index in [1.54, 1.807) is 19.9 Å². The van der Waals surface area contributed by atoms with E-state index in [1.807, 2.05) is 6.92 Å². The minimum absolute atomic E-state index is 0.169. The topological polar surface area (TPSA) is 38.3 Å². The first kappa shape index (κ1) is 14.9.